The van der Waals surface area contributed by atoms with Crippen LogP contribution in [0.2, 0.25) is 0 Å². The third-order valence-electron chi connectivity index (χ3n) is 3.66. The molecular formula is C17H27N3O4. The van der Waals surface area contributed by atoms with Gasteiger partial charge in [0.2, 0.25) is 5.91 Å². The number of ether oxygens (including phenoxy) is 2. The molecule has 0 aromatic heterocycles. The maximum absolute atomic E-state index is 12.0. The van der Waals surface area contributed by atoms with Crippen LogP contribution in [0.5, 0.6) is 11.5 Å². The number of carbonyl (C=O) groups is 2. The number of nitrogens with two attached hydrogens (primary N) is 1. The van der Waals surface area contributed by atoms with E-state index in [2.05, 4.69) is 10.6 Å². The third kappa shape index (κ3) is 6.76. The summed E-state index contributed by atoms with van der Waals surface area (Å²) in [5.41, 5.74) is 5.85. The minimum atomic E-state index is -0.520. The molecule has 0 unspecified atom stereocenters. The normalized spacial score (nSPS) is 11.5. The number of amides is 3. The number of unbranched alkanes of at least 4 members (excludes halogenated alkanes) is 2. The number of hydrogen-bond acceptors (Lipinski definition) is 4. The Balaban J connectivity index is 2.42. The van der Waals surface area contributed by atoms with Crippen LogP contribution >= 0.6 is 0 Å². The van der Waals surface area contributed by atoms with Crippen molar-refractivity contribution in [2.75, 3.05) is 20.8 Å². The molecule has 0 saturated carbocycles. The zero-order valence-corrected chi connectivity index (χ0v) is 14.6. The first-order chi connectivity index (χ1) is 11.5. The molecule has 0 spiro atoms. The van der Waals surface area contributed by atoms with E-state index in [0.717, 1.165) is 24.8 Å². The van der Waals surface area contributed by atoms with Crippen molar-refractivity contribution in [1.29, 1.82) is 0 Å². The van der Waals surface area contributed by atoms with E-state index < -0.39 is 6.03 Å². The van der Waals surface area contributed by atoms with Gasteiger partial charge in [0.15, 0.2) is 0 Å². The van der Waals surface area contributed by atoms with E-state index in [1.165, 1.54) is 0 Å². The number of carbonyl (C=O) groups excluding carboxylic acids is 2. The highest BCUT2D eigenvalue weighted by Crippen LogP contribution is 2.29. The molecule has 1 atom stereocenters. The Bertz CT molecular complexity index is 549. The maximum atomic E-state index is 12.0. The van der Waals surface area contributed by atoms with Gasteiger partial charge in [-0.25, -0.2) is 4.79 Å². The van der Waals surface area contributed by atoms with Crippen molar-refractivity contribution in [1.82, 2.24) is 10.6 Å². The van der Waals surface area contributed by atoms with Gasteiger partial charge in [-0.15, -0.1) is 0 Å². The smallest absolute Gasteiger partial charge is 0.312 e. The molecule has 1 aromatic rings. The summed E-state index contributed by atoms with van der Waals surface area (Å²) in [6.07, 6.45) is 2.85. The van der Waals surface area contributed by atoms with Crippen molar-refractivity contribution in [3.8, 4) is 11.5 Å². The van der Waals surface area contributed by atoms with E-state index in [0.29, 0.717) is 24.5 Å². The Morgan fingerprint density at radius 1 is 1.17 bits per heavy atom. The van der Waals surface area contributed by atoms with Gasteiger partial charge in [0.05, 0.1) is 20.3 Å². The first-order valence-corrected chi connectivity index (χ1v) is 8.02. The fourth-order valence-corrected chi connectivity index (χ4v) is 2.37. The summed E-state index contributed by atoms with van der Waals surface area (Å²) < 4.78 is 10.6. The van der Waals surface area contributed by atoms with Crippen LogP contribution < -0.4 is 25.8 Å². The van der Waals surface area contributed by atoms with Crippen LogP contribution in [0.25, 0.3) is 0 Å². The Morgan fingerprint density at radius 2 is 1.92 bits per heavy atom. The van der Waals surface area contributed by atoms with E-state index in [4.69, 9.17) is 15.2 Å². The summed E-state index contributed by atoms with van der Waals surface area (Å²) in [5.74, 6) is 1.41. The van der Waals surface area contributed by atoms with Crippen LogP contribution in [0.15, 0.2) is 18.2 Å². The molecule has 7 heteroatoms. The van der Waals surface area contributed by atoms with Gasteiger partial charge < -0.3 is 25.8 Å². The summed E-state index contributed by atoms with van der Waals surface area (Å²) in [4.78, 5) is 22.6. The number of hydrogen-bond donors (Lipinski definition) is 3. The van der Waals surface area contributed by atoms with Crippen LogP contribution in [0, 0.1) is 0 Å². The first-order valence-electron chi connectivity index (χ1n) is 8.02. The molecule has 0 aliphatic heterocycles. The molecule has 1 aromatic carbocycles. The van der Waals surface area contributed by atoms with Crippen molar-refractivity contribution >= 4 is 11.9 Å². The summed E-state index contributed by atoms with van der Waals surface area (Å²) in [6.45, 7) is 2.44. The van der Waals surface area contributed by atoms with Crippen molar-refractivity contribution < 1.29 is 19.1 Å². The van der Waals surface area contributed by atoms with Gasteiger partial charge in [0, 0.05) is 18.5 Å². The van der Waals surface area contributed by atoms with Crippen molar-refractivity contribution in [3.05, 3.63) is 23.8 Å². The summed E-state index contributed by atoms with van der Waals surface area (Å²) in [5, 5.41) is 5.49. The van der Waals surface area contributed by atoms with Crippen LogP contribution in [-0.4, -0.2) is 32.7 Å². The molecule has 0 saturated heterocycles. The molecule has 4 N–H and O–H groups in total. The van der Waals surface area contributed by atoms with Crippen molar-refractivity contribution in [2.24, 2.45) is 5.73 Å². The van der Waals surface area contributed by atoms with Gasteiger partial charge >= 0.3 is 6.03 Å². The fourth-order valence-electron chi connectivity index (χ4n) is 2.37. The molecule has 0 bridgehead atoms. The minimum Gasteiger partial charge on any atom is -0.497 e. The Hall–Kier alpha value is -2.44. The fraction of sp³-hybridized carbons (Fsp3) is 0.529. The number of rotatable bonds is 10. The summed E-state index contributed by atoms with van der Waals surface area (Å²) in [7, 11) is 3.20. The molecule has 1 rings (SSSR count). The predicted octanol–water partition coefficient (Wildman–Crippen LogP) is 2.11. The number of primary amides is 1. The molecule has 0 aliphatic rings. The summed E-state index contributed by atoms with van der Waals surface area (Å²) >= 11 is 0. The average molecular weight is 337 g/mol. The SMILES string of the molecule is COc1ccc(OC)c([C@H](C)NC(=O)CCCCCNC(N)=O)c1. The van der Waals surface area contributed by atoms with Crippen LogP contribution in [0.3, 0.4) is 0 Å². The van der Waals surface area contributed by atoms with Crippen LogP contribution in [-0.2, 0) is 4.79 Å². The largest absolute Gasteiger partial charge is 0.497 e. The molecule has 7 nitrogen and oxygen atoms in total. The van der Waals surface area contributed by atoms with E-state index in [-0.39, 0.29) is 11.9 Å². The third-order valence-corrected chi connectivity index (χ3v) is 3.66. The van der Waals surface area contributed by atoms with Gasteiger partial charge in [0.1, 0.15) is 11.5 Å². The highest BCUT2D eigenvalue weighted by atomic mass is 16.5. The quantitative estimate of drug-likeness (QED) is 0.569. The topological polar surface area (TPSA) is 103 Å². The molecule has 3 amide bonds. The lowest BCUT2D eigenvalue weighted by Crippen LogP contribution is -2.30. The van der Waals surface area contributed by atoms with E-state index in [1.54, 1.807) is 14.2 Å². The lowest BCUT2D eigenvalue weighted by atomic mass is 10.1. The average Bonchev–Trinajstić information content (AvgIpc) is 2.56. The maximum Gasteiger partial charge on any atom is 0.312 e. The molecule has 0 heterocycles. The zero-order chi connectivity index (χ0) is 17.9. The Morgan fingerprint density at radius 3 is 2.54 bits per heavy atom. The van der Waals surface area contributed by atoms with Crippen LogP contribution in [0.1, 0.15) is 44.2 Å². The standard InChI is InChI=1S/C17H27N3O4/c1-12(14-11-13(23-2)8-9-15(14)24-3)20-16(21)7-5-4-6-10-19-17(18)22/h8-9,11-12H,4-7,10H2,1-3H3,(H,20,21)(H3,18,19,22)/t12-/m0/s1. The zero-order valence-electron chi connectivity index (χ0n) is 14.6. The molecular weight excluding hydrogens is 310 g/mol. The van der Waals surface area contributed by atoms with Gasteiger partial charge in [-0.2, -0.15) is 0 Å². The van der Waals surface area contributed by atoms with Crippen molar-refractivity contribution in [2.45, 2.75) is 38.6 Å². The molecule has 134 valence electrons. The second kappa shape index (κ2) is 10.4. The van der Waals surface area contributed by atoms with E-state index in [1.807, 2.05) is 25.1 Å². The van der Waals surface area contributed by atoms with Crippen LogP contribution in [0.4, 0.5) is 4.79 Å². The van der Waals surface area contributed by atoms with Gasteiger partial charge in [-0.05, 0) is 38.0 Å². The lowest BCUT2D eigenvalue weighted by Gasteiger charge is -2.18. The number of nitrogens with one attached hydrogen (secondary N) is 2. The molecule has 0 aliphatic carbocycles. The second-order valence-corrected chi connectivity index (χ2v) is 5.50. The lowest BCUT2D eigenvalue weighted by molar-refractivity contribution is -0.121. The Labute approximate surface area is 142 Å². The second-order valence-electron chi connectivity index (χ2n) is 5.50. The first kappa shape index (κ1) is 19.6. The van der Waals surface area contributed by atoms with Gasteiger partial charge in [-0.1, -0.05) is 6.42 Å². The molecule has 0 radical (unpaired) electrons. The molecule has 24 heavy (non-hydrogen) atoms. The van der Waals surface area contributed by atoms with E-state index in [9.17, 15) is 9.59 Å². The van der Waals surface area contributed by atoms with E-state index >= 15 is 0 Å². The van der Waals surface area contributed by atoms with Crippen molar-refractivity contribution in [3.63, 3.8) is 0 Å². The predicted molar refractivity (Wildman–Crippen MR) is 92.2 cm³/mol. The van der Waals surface area contributed by atoms with Gasteiger partial charge in [-0.3, -0.25) is 4.79 Å². The molecule has 0 fully saturated rings. The number of benzene rings is 1. The number of urea groups is 1. The minimum absolute atomic E-state index is 0.0183. The highest BCUT2D eigenvalue weighted by molar-refractivity contribution is 5.76. The number of methoxy groups -OCH3 is 2. The Kier molecular flexibility index (Phi) is 8.46. The highest BCUT2D eigenvalue weighted by Gasteiger charge is 2.15. The van der Waals surface area contributed by atoms with Gasteiger partial charge in [0.25, 0.3) is 0 Å². The monoisotopic (exact) mass is 337 g/mol. The summed E-state index contributed by atoms with van der Waals surface area (Å²) in [6, 6.07) is 4.80.